The Morgan fingerprint density at radius 2 is 1.94 bits per heavy atom. The summed E-state index contributed by atoms with van der Waals surface area (Å²) < 4.78 is 38.1. The summed E-state index contributed by atoms with van der Waals surface area (Å²) in [6, 6.07) is 6.62. The van der Waals surface area contributed by atoms with Crippen LogP contribution in [-0.4, -0.2) is 9.97 Å². The molecule has 2 aromatic rings. The predicted molar refractivity (Wildman–Crippen MR) is 64.6 cm³/mol. The van der Waals surface area contributed by atoms with Crippen LogP contribution in [-0.2, 0) is 6.18 Å². The molecular weight excluding hydrogens is 261 g/mol. The average Bonchev–Trinajstić information content (AvgIpc) is 2.27. The van der Waals surface area contributed by atoms with Gasteiger partial charge in [0, 0.05) is 11.3 Å². The van der Waals surface area contributed by atoms with Crippen molar-refractivity contribution in [3.63, 3.8) is 0 Å². The van der Waals surface area contributed by atoms with E-state index in [1.165, 1.54) is 6.07 Å². The first-order valence-electron chi connectivity index (χ1n) is 5.12. The molecule has 0 atom stereocenters. The number of aryl methyl sites for hydroxylation is 1. The van der Waals surface area contributed by atoms with Gasteiger partial charge in [-0.15, -0.1) is 0 Å². The Kier molecular flexibility index (Phi) is 3.21. The molecule has 1 aromatic carbocycles. The van der Waals surface area contributed by atoms with Crippen molar-refractivity contribution in [2.45, 2.75) is 13.1 Å². The Bertz CT molecular complexity index is 632. The zero-order valence-corrected chi connectivity index (χ0v) is 10.2. The Hall–Kier alpha value is -1.69. The lowest BCUT2D eigenvalue weighted by Crippen LogP contribution is -2.05. The second-order valence-electron chi connectivity index (χ2n) is 3.83. The first-order valence-corrected chi connectivity index (χ1v) is 5.53. The second kappa shape index (κ2) is 4.53. The minimum absolute atomic E-state index is 0.339. The third-order valence-electron chi connectivity index (χ3n) is 2.34. The molecule has 1 heterocycles. The number of nitrogens with one attached hydrogen (secondary N) is 1. The van der Waals surface area contributed by atoms with Gasteiger partial charge in [0.2, 0.25) is 0 Å². The van der Waals surface area contributed by atoms with E-state index in [1.54, 1.807) is 19.1 Å². The summed E-state index contributed by atoms with van der Waals surface area (Å²) in [6.45, 7) is 1.77. The maximum atomic E-state index is 12.6. The largest absolute Gasteiger partial charge is 0.416 e. The SMILES string of the molecule is Cc1cc(=S)nc(-c2cccc(C(F)(F)F)c2)[nH]1. The maximum absolute atomic E-state index is 12.6. The molecular formula is C12H9F3N2S. The van der Waals surface area contributed by atoms with E-state index in [4.69, 9.17) is 12.2 Å². The van der Waals surface area contributed by atoms with Gasteiger partial charge in [0.15, 0.2) is 0 Å². The summed E-state index contributed by atoms with van der Waals surface area (Å²) in [5.41, 5.74) is 0.407. The van der Waals surface area contributed by atoms with Gasteiger partial charge in [-0.05, 0) is 25.1 Å². The minimum atomic E-state index is -4.36. The number of alkyl halides is 3. The molecule has 0 spiro atoms. The van der Waals surface area contributed by atoms with Gasteiger partial charge in [-0.1, -0.05) is 24.4 Å². The number of nitrogens with zero attached hydrogens (tertiary/aromatic N) is 1. The van der Waals surface area contributed by atoms with E-state index in [0.29, 0.717) is 16.0 Å². The van der Waals surface area contributed by atoms with Crippen LogP contribution in [0.5, 0.6) is 0 Å². The Balaban J connectivity index is 2.54. The predicted octanol–water partition coefficient (Wildman–Crippen LogP) is 4.13. The van der Waals surface area contributed by atoms with Crippen LogP contribution >= 0.6 is 12.2 Å². The van der Waals surface area contributed by atoms with E-state index in [9.17, 15) is 13.2 Å². The van der Waals surface area contributed by atoms with Crippen LogP contribution in [0.15, 0.2) is 30.3 Å². The fourth-order valence-electron chi connectivity index (χ4n) is 1.56. The molecule has 0 fully saturated rings. The average molecular weight is 270 g/mol. The standard InChI is InChI=1S/C12H9F3N2S/c1-7-5-10(18)17-11(16-7)8-3-2-4-9(6-8)12(13,14)15/h2-6H,1H3,(H,16,17,18). The van der Waals surface area contributed by atoms with E-state index in [0.717, 1.165) is 17.8 Å². The van der Waals surface area contributed by atoms with E-state index in [1.807, 2.05) is 0 Å². The van der Waals surface area contributed by atoms with Crippen LogP contribution in [0.25, 0.3) is 11.4 Å². The molecule has 0 amide bonds. The van der Waals surface area contributed by atoms with Crippen LogP contribution in [0.2, 0.25) is 0 Å². The van der Waals surface area contributed by atoms with Gasteiger partial charge < -0.3 is 4.98 Å². The highest BCUT2D eigenvalue weighted by Gasteiger charge is 2.30. The molecule has 1 N–H and O–H groups in total. The van der Waals surface area contributed by atoms with Gasteiger partial charge in [-0.2, -0.15) is 13.2 Å². The molecule has 0 saturated carbocycles. The Morgan fingerprint density at radius 3 is 2.56 bits per heavy atom. The van der Waals surface area contributed by atoms with Crippen LogP contribution in [0.1, 0.15) is 11.3 Å². The molecule has 0 unspecified atom stereocenters. The zero-order valence-electron chi connectivity index (χ0n) is 9.38. The van der Waals surface area contributed by atoms with Crippen LogP contribution in [0, 0.1) is 11.6 Å². The summed E-state index contributed by atoms with van der Waals surface area (Å²) in [5, 5.41) is 0. The smallest absolute Gasteiger partial charge is 0.343 e. The van der Waals surface area contributed by atoms with Crippen molar-refractivity contribution in [1.29, 1.82) is 0 Å². The van der Waals surface area contributed by atoms with E-state index in [-0.39, 0.29) is 0 Å². The normalized spacial score (nSPS) is 11.6. The molecule has 0 aliphatic carbocycles. The molecule has 2 rings (SSSR count). The van der Waals surface area contributed by atoms with Crippen molar-refractivity contribution < 1.29 is 13.2 Å². The highest BCUT2D eigenvalue weighted by atomic mass is 32.1. The third-order valence-corrected chi connectivity index (χ3v) is 2.55. The lowest BCUT2D eigenvalue weighted by molar-refractivity contribution is -0.137. The van der Waals surface area contributed by atoms with Crippen molar-refractivity contribution in [3.05, 3.63) is 46.2 Å². The van der Waals surface area contributed by atoms with Gasteiger partial charge in [0.05, 0.1) is 5.56 Å². The fourth-order valence-corrected chi connectivity index (χ4v) is 1.83. The van der Waals surface area contributed by atoms with Crippen molar-refractivity contribution >= 4 is 12.2 Å². The molecule has 0 aliphatic rings. The van der Waals surface area contributed by atoms with Gasteiger partial charge in [0.1, 0.15) is 10.5 Å². The minimum Gasteiger partial charge on any atom is -0.343 e. The Morgan fingerprint density at radius 1 is 1.22 bits per heavy atom. The molecule has 94 valence electrons. The molecule has 0 bridgehead atoms. The van der Waals surface area contributed by atoms with Gasteiger partial charge in [0.25, 0.3) is 0 Å². The van der Waals surface area contributed by atoms with Crippen molar-refractivity contribution in [3.8, 4) is 11.4 Å². The molecule has 2 nitrogen and oxygen atoms in total. The lowest BCUT2D eigenvalue weighted by atomic mass is 10.1. The van der Waals surface area contributed by atoms with Gasteiger partial charge in [-0.25, -0.2) is 4.98 Å². The first-order chi connectivity index (χ1) is 8.36. The number of hydrogen-bond donors (Lipinski definition) is 1. The van der Waals surface area contributed by atoms with Crippen molar-refractivity contribution in [1.82, 2.24) is 9.97 Å². The summed E-state index contributed by atoms with van der Waals surface area (Å²) in [4.78, 5) is 6.92. The van der Waals surface area contributed by atoms with E-state index >= 15 is 0 Å². The summed E-state index contributed by atoms with van der Waals surface area (Å²) in [7, 11) is 0. The first kappa shape index (κ1) is 12.8. The number of hydrogen-bond acceptors (Lipinski definition) is 2. The van der Waals surface area contributed by atoms with Crippen molar-refractivity contribution in [2.75, 3.05) is 0 Å². The number of H-pyrrole nitrogens is 1. The number of rotatable bonds is 1. The molecule has 6 heteroatoms. The summed E-state index contributed by atoms with van der Waals surface area (Å²) >= 11 is 4.94. The fraction of sp³-hybridized carbons (Fsp3) is 0.167. The summed E-state index contributed by atoms with van der Waals surface area (Å²) in [5.74, 6) is 0.339. The molecule has 0 saturated heterocycles. The number of aromatic amines is 1. The van der Waals surface area contributed by atoms with Crippen molar-refractivity contribution in [2.24, 2.45) is 0 Å². The van der Waals surface area contributed by atoms with E-state index in [2.05, 4.69) is 9.97 Å². The third kappa shape index (κ3) is 2.76. The number of aromatic nitrogens is 2. The van der Waals surface area contributed by atoms with Crippen LogP contribution < -0.4 is 0 Å². The maximum Gasteiger partial charge on any atom is 0.416 e. The second-order valence-corrected chi connectivity index (χ2v) is 4.25. The van der Waals surface area contributed by atoms with Gasteiger partial charge >= 0.3 is 6.18 Å². The van der Waals surface area contributed by atoms with Crippen LogP contribution in [0.3, 0.4) is 0 Å². The molecule has 0 aliphatic heterocycles. The molecule has 1 aromatic heterocycles. The lowest BCUT2D eigenvalue weighted by Gasteiger charge is -2.08. The topological polar surface area (TPSA) is 28.7 Å². The molecule has 18 heavy (non-hydrogen) atoms. The highest BCUT2D eigenvalue weighted by Crippen LogP contribution is 2.31. The highest BCUT2D eigenvalue weighted by molar-refractivity contribution is 7.71. The Labute approximate surface area is 107 Å². The number of benzene rings is 1. The number of halogens is 3. The zero-order chi connectivity index (χ0) is 13.3. The van der Waals surface area contributed by atoms with E-state index < -0.39 is 11.7 Å². The van der Waals surface area contributed by atoms with Gasteiger partial charge in [-0.3, -0.25) is 0 Å². The molecule has 0 radical (unpaired) electrons. The monoisotopic (exact) mass is 270 g/mol. The quantitative estimate of drug-likeness (QED) is 0.789. The summed E-state index contributed by atoms with van der Waals surface area (Å²) in [6.07, 6.45) is -4.36. The van der Waals surface area contributed by atoms with Crippen LogP contribution in [0.4, 0.5) is 13.2 Å².